The summed E-state index contributed by atoms with van der Waals surface area (Å²) in [6.45, 7) is 2.58. The number of amides is 1. The standard InChI is InChI=1S/C17H24N4O2/c1-23-10-8-18-12-17(22)19-13-6-7-15-14(11-13)20-16-5-3-2-4-9-21(15)16/h6-7,11,18H,2-5,8-10,12H2,1H3,(H,19,22). The molecule has 0 bridgehead atoms. The fourth-order valence-corrected chi connectivity index (χ4v) is 3.01. The Bertz CT molecular complexity index is 681. The summed E-state index contributed by atoms with van der Waals surface area (Å²) in [5, 5.41) is 5.95. The van der Waals surface area contributed by atoms with Crippen LogP contribution in [-0.4, -0.2) is 42.3 Å². The van der Waals surface area contributed by atoms with Gasteiger partial charge in [0.15, 0.2) is 0 Å². The molecule has 0 saturated carbocycles. The summed E-state index contributed by atoms with van der Waals surface area (Å²) >= 11 is 0. The number of hydrogen-bond acceptors (Lipinski definition) is 4. The number of ether oxygens (including phenoxy) is 1. The molecule has 6 heteroatoms. The maximum atomic E-state index is 11.9. The van der Waals surface area contributed by atoms with Crippen LogP contribution in [0, 0.1) is 0 Å². The third-order valence-electron chi connectivity index (χ3n) is 4.16. The van der Waals surface area contributed by atoms with Gasteiger partial charge in [-0.15, -0.1) is 0 Å². The summed E-state index contributed by atoms with van der Waals surface area (Å²) in [6.07, 6.45) is 4.74. The van der Waals surface area contributed by atoms with E-state index < -0.39 is 0 Å². The van der Waals surface area contributed by atoms with Crippen LogP contribution >= 0.6 is 0 Å². The van der Waals surface area contributed by atoms with Crippen molar-refractivity contribution in [3.63, 3.8) is 0 Å². The van der Waals surface area contributed by atoms with Crippen molar-refractivity contribution < 1.29 is 9.53 Å². The second kappa shape index (κ2) is 7.57. The zero-order valence-electron chi connectivity index (χ0n) is 13.6. The van der Waals surface area contributed by atoms with Crippen LogP contribution in [0.5, 0.6) is 0 Å². The Morgan fingerprint density at radius 3 is 3.13 bits per heavy atom. The van der Waals surface area contributed by atoms with Gasteiger partial charge in [-0.25, -0.2) is 4.98 Å². The number of aryl methyl sites for hydroxylation is 2. The molecule has 0 unspecified atom stereocenters. The lowest BCUT2D eigenvalue weighted by atomic mass is 10.2. The first-order valence-electron chi connectivity index (χ1n) is 8.26. The molecule has 0 radical (unpaired) electrons. The number of imidazole rings is 1. The minimum absolute atomic E-state index is 0.0544. The van der Waals surface area contributed by atoms with E-state index >= 15 is 0 Å². The van der Waals surface area contributed by atoms with Gasteiger partial charge in [0.1, 0.15) is 5.82 Å². The van der Waals surface area contributed by atoms with Crippen molar-refractivity contribution in [2.24, 2.45) is 0 Å². The molecule has 1 aliphatic rings. The van der Waals surface area contributed by atoms with Crippen molar-refractivity contribution in [3.05, 3.63) is 24.0 Å². The molecular formula is C17H24N4O2. The van der Waals surface area contributed by atoms with Crippen LogP contribution in [-0.2, 0) is 22.5 Å². The fraction of sp³-hybridized carbons (Fsp3) is 0.529. The number of aromatic nitrogens is 2. The summed E-state index contributed by atoms with van der Waals surface area (Å²) in [7, 11) is 1.64. The highest BCUT2D eigenvalue weighted by Gasteiger charge is 2.14. The molecule has 0 atom stereocenters. The van der Waals surface area contributed by atoms with E-state index in [0.717, 1.165) is 29.7 Å². The first kappa shape index (κ1) is 16.0. The van der Waals surface area contributed by atoms with E-state index in [0.29, 0.717) is 13.2 Å². The Morgan fingerprint density at radius 1 is 1.35 bits per heavy atom. The van der Waals surface area contributed by atoms with Crippen LogP contribution in [0.1, 0.15) is 25.1 Å². The molecule has 1 aromatic carbocycles. The van der Waals surface area contributed by atoms with Gasteiger partial charge in [-0.2, -0.15) is 0 Å². The van der Waals surface area contributed by atoms with Crippen LogP contribution < -0.4 is 10.6 Å². The maximum absolute atomic E-state index is 11.9. The molecule has 2 heterocycles. The summed E-state index contributed by atoms with van der Waals surface area (Å²) < 4.78 is 7.25. The van der Waals surface area contributed by atoms with E-state index in [1.54, 1.807) is 7.11 Å². The summed E-state index contributed by atoms with van der Waals surface area (Å²) in [4.78, 5) is 16.7. The van der Waals surface area contributed by atoms with Crippen LogP contribution in [0.2, 0.25) is 0 Å². The van der Waals surface area contributed by atoms with Crippen LogP contribution in [0.15, 0.2) is 18.2 Å². The number of hydrogen-bond donors (Lipinski definition) is 2. The predicted octanol–water partition coefficient (Wildman–Crippen LogP) is 1.94. The Hall–Kier alpha value is -1.92. The van der Waals surface area contributed by atoms with Crippen molar-refractivity contribution in [1.82, 2.24) is 14.9 Å². The highest BCUT2D eigenvalue weighted by atomic mass is 16.5. The Labute approximate surface area is 136 Å². The molecule has 124 valence electrons. The Kier molecular flexibility index (Phi) is 5.25. The number of fused-ring (bicyclic) bond motifs is 3. The van der Waals surface area contributed by atoms with E-state index in [2.05, 4.69) is 21.3 Å². The minimum Gasteiger partial charge on any atom is -0.383 e. The smallest absolute Gasteiger partial charge is 0.238 e. The molecule has 0 spiro atoms. The predicted molar refractivity (Wildman–Crippen MR) is 90.7 cm³/mol. The number of rotatable bonds is 6. The first-order chi connectivity index (χ1) is 11.3. The van der Waals surface area contributed by atoms with Crippen molar-refractivity contribution in [1.29, 1.82) is 0 Å². The monoisotopic (exact) mass is 316 g/mol. The van der Waals surface area contributed by atoms with Crippen molar-refractivity contribution in [3.8, 4) is 0 Å². The van der Waals surface area contributed by atoms with E-state index in [1.165, 1.54) is 25.1 Å². The van der Waals surface area contributed by atoms with Crippen molar-refractivity contribution >= 4 is 22.6 Å². The van der Waals surface area contributed by atoms with Crippen LogP contribution in [0.3, 0.4) is 0 Å². The number of nitrogens with zero attached hydrogens (tertiary/aromatic N) is 2. The average molecular weight is 316 g/mol. The normalized spacial score (nSPS) is 14.5. The van der Waals surface area contributed by atoms with Crippen molar-refractivity contribution in [2.45, 2.75) is 32.2 Å². The second-order valence-electron chi connectivity index (χ2n) is 5.91. The molecule has 2 N–H and O–H groups in total. The van der Waals surface area contributed by atoms with E-state index in [1.807, 2.05) is 12.1 Å². The molecule has 1 aliphatic heterocycles. The number of carbonyl (C=O) groups is 1. The first-order valence-corrected chi connectivity index (χ1v) is 8.26. The lowest BCUT2D eigenvalue weighted by Crippen LogP contribution is -2.30. The van der Waals surface area contributed by atoms with E-state index in [-0.39, 0.29) is 12.5 Å². The van der Waals surface area contributed by atoms with Gasteiger partial charge < -0.3 is 19.9 Å². The number of methoxy groups -OCH3 is 1. The molecule has 3 rings (SSSR count). The highest BCUT2D eigenvalue weighted by molar-refractivity contribution is 5.94. The van der Waals surface area contributed by atoms with Gasteiger partial charge in [-0.3, -0.25) is 4.79 Å². The molecular weight excluding hydrogens is 292 g/mol. The van der Waals surface area contributed by atoms with E-state index in [9.17, 15) is 4.79 Å². The zero-order chi connectivity index (χ0) is 16.1. The lowest BCUT2D eigenvalue weighted by molar-refractivity contribution is -0.115. The van der Waals surface area contributed by atoms with Gasteiger partial charge in [-0.05, 0) is 31.0 Å². The molecule has 0 aliphatic carbocycles. The molecule has 0 saturated heterocycles. The summed E-state index contributed by atoms with van der Waals surface area (Å²) in [5.41, 5.74) is 2.93. The third kappa shape index (κ3) is 3.89. The SMILES string of the molecule is COCCNCC(=O)Nc1ccc2c(c1)nc1n2CCCCC1. The zero-order valence-corrected chi connectivity index (χ0v) is 13.6. The maximum Gasteiger partial charge on any atom is 0.238 e. The molecule has 1 aromatic heterocycles. The van der Waals surface area contributed by atoms with E-state index in [4.69, 9.17) is 9.72 Å². The molecule has 0 fully saturated rings. The number of nitrogens with one attached hydrogen (secondary N) is 2. The Balaban J connectivity index is 1.67. The summed E-state index contributed by atoms with van der Waals surface area (Å²) in [5.74, 6) is 1.11. The second-order valence-corrected chi connectivity index (χ2v) is 5.91. The molecule has 6 nitrogen and oxygen atoms in total. The molecule has 2 aromatic rings. The van der Waals surface area contributed by atoms with Gasteiger partial charge in [0, 0.05) is 32.3 Å². The molecule has 1 amide bonds. The number of anilines is 1. The van der Waals surface area contributed by atoms with Gasteiger partial charge >= 0.3 is 0 Å². The van der Waals surface area contributed by atoms with Crippen LogP contribution in [0.25, 0.3) is 11.0 Å². The fourth-order valence-electron chi connectivity index (χ4n) is 3.01. The topological polar surface area (TPSA) is 68.2 Å². The van der Waals surface area contributed by atoms with Gasteiger partial charge in [-0.1, -0.05) is 6.42 Å². The molecule has 23 heavy (non-hydrogen) atoms. The minimum atomic E-state index is -0.0544. The number of benzene rings is 1. The van der Waals surface area contributed by atoms with Gasteiger partial charge in [0.25, 0.3) is 0 Å². The lowest BCUT2D eigenvalue weighted by Gasteiger charge is -2.07. The average Bonchev–Trinajstić information content (AvgIpc) is 2.72. The quantitative estimate of drug-likeness (QED) is 0.799. The highest BCUT2D eigenvalue weighted by Crippen LogP contribution is 2.24. The van der Waals surface area contributed by atoms with Crippen LogP contribution in [0.4, 0.5) is 5.69 Å². The van der Waals surface area contributed by atoms with Gasteiger partial charge in [0.05, 0.1) is 24.2 Å². The summed E-state index contributed by atoms with van der Waals surface area (Å²) in [6, 6.07) is 5.98. The Morgan fingerprint density at radius 2 is 2.26 bits per heavy atom. The largest absolute Gasteiger partial charge is 0.383 e. The van der Waals surface area contributed by atoms with Gasteiger partial charge in [0.2, 0.25) is 5.91 Å². The van der Waals surface area contributed by atoms with Crippen molar-refractivity contribution in [2.75, 3.05) is 32.1 Å². The third-order valence-corrected chi connectivity index (χ3v) is 4.16. The number of carbonyl (C=O) groups excluding carboxylic acids is 1.